The van der Waals surface area contributed by atoms with Gasteiger partial charge in [-0.05, 0) is 152 Å². The van der Waals surface area contributed by atoms with Crippen molar-refractivity contribution in [2.45, 2.75) is 40.0 Å². The van der Waals surface area contributed by atoms with Crippen LogP contribution in [-0.4, -0.2) is 15.0 Å². The Morgan fingerprint density at radius 3 is 1.37 bits per heavy atom. The van der Waals surface area contributed by atoms with Crippen LogP contribution in [0.1, 0.15) is 33.4 Å². The number of fused-ring (bicyclic) bond motifs is 1. The maximum Gasteiger partial charge on any atom is 0.416 e. The summed E-state index contributed by atoms with van der Waals surface area (Å²) < 4.78 is 202. The number of rotatable bonds is 7. The minimum Gasteiger partial charge on any atom is -0.256 e. The number of aryl methyl sites for hydroxylation is 4. The third-order valence-corrected chi connectivity index (χ3v) is 16.3. The van der Waals surface area contributed by atoms with Crippen molar-refractivity contribution in [2.75, 3.05) is 0 Å². The first-order valence-corrected chi connectivity index (χ1v) is 30.2. The van der Waals surface area contributed by atoms with E-state index in [0.717, 1.165) is 47.9 Å². The zero-order valence-electron chi connectivity index (χ0n) is 51.9. The Hall–Kier alpha value is -10.7. The van der Waals surface area contributed by atoms with Crippen LogP contribution in [0, 0.1) is 80.0 Å². The lowest BCUT2D eigenvalue weighted by molar-refractivity contribution is -0.629. The molecule has 0 spiro atoms. The summed E-state index contributed by atoms with van der Waals surface area (Å²) in [6.07, 6.45) is -3.82. The van der Waals surface area contributed by atoms with E-state index >= 15 is 0 Å². The van der Waals surface area contributed by atoms with Crippen LogP contribution >= 0.6 is 11.3 Å². The molecule has 0 aliphatic carbocycles. The number of alkyl halides is 6. The molecule has 0 saturated heterocycles. The Morgan fingerprint density at radius 1 is 0.330 bits per heavy atom. The van der Waals surface area contributed by atoms with Gasteiger partial charge >= 0.3 is 12.4 Å². The summed E-state index contributed by atoms with van der Waals surface area (Å²) in [5.41, 5.74) is 7.05. The van der Waals surface area contributed by atoms with E-state index in [9.17, 15) is 65.9 Å². The van der Waals surface area contributed by atoms with E-state index in [2.05, 4.69) is 82.0 Å². The normalized spacial score (nSPS) is 11.1. The molecule has 20 heteroatoms. The molecule has 0 aliphatic rings. The molecule has 0 N–H and O–H groups in total. The molecule has 0 bridgehead atoms. The van der Waals surface area contributed by atoms with Crippen LogP contribution in [0.15, 0.2) is 237 Å². The van der Waals surface area contributed by atoms with E-state index in [0.29, 0.717) is 39.3 Å². The van der Waals surface area contributed by atoms with Crippen LogP contribution < -0.4 is 4.57 Å². The highest BCUT2D eigenvalue weighted by Crippen LogP contribution is 2.38. The Morgan fingerprint density at radius 2 is 0.814 bits per heavy atom. The molecule has 4 aromatic heterocycles. The largest absolute Gasteiger partial charge is 0.416 e. The number of pyridine rings is 3. The molecule has 0 unspecified atom stereocenters. The Kier molecular flexibility index (Phi) is 22.4. The van der Waals surface area contributed by atoms with Gasteiger partial charge in [-0.1, -0.05) is 139 Å². The van der Waals surface area contributed by atoms with Gasteiger partial charge in [0.2, 0.25) is 11.3 Å². The summed E-state index contributed by atoms with van der Waals surface area (Å²) in [5, 5.41) is 1.32. The van der Waals surface area contributed by atoms with Gasteiger partial charge in [0.1, 0.15) is 17.6 Å². The molecular weight excluding hydrogens is 1300 g/mol. The summed E-state index contributed by atoms with van der Waals surface area (Å²) in [7, 11) is 2.14. The first kappa shape index (κ1) is 70.6. The van der Waals surface area contributed by atoms with E-state index in [1.807, 2.05) is 17.4 Å². The molecule has 4 nitrogen and oxygen atoms in total. The molecule has 9 aromatic carbocycles. The Bertz CT molecular complexity index is 4820. The van der Waals surface area contributed by atoms with Crippen LogP contribution in [0.3, 0.4) is 0 Å². The average molecular weight is 1350 g/mol. The number of hydrogen-bond donors (Lipinski definition) is 0. The number of halogens is 15. The Balaban J connectivity index is 0.000000143. The molecule has 4 heterocycles. The third kappa shape index (κ3) is 16.7. The molecule has 0 radical (unpaired) electrons. The zero-order chi connectivity index (χ0) is 69.9. The molecule has 13 aromatic rings. The van der Waals surface area contributed by atoms with Crippen LogP contribution in [0.2, 0.25) is 0 Å². The van der Waals surface area contributed by atoms with Gasteiger partial charge in [-0.2, -0.15) is 30.9 Å². The van der Waals surface area contributed by atoms with Gasteiger partial charge in [0.25, 0.3) is 5.01 Å². The van der Waals surface area contributed by atoms with Crippen molar-refractivity contribution < 1.29 is 70.4 Å². The van der Waals surface area contributed by atoms with Crippen LogP contribution in [0.5, 0.6) is 0 Å². The smallest absolute Gasteiger partial charge is 0.256 e. The van der Waals surface area contributed by atoms with Crippen molar-refractivity contribution in [1.29, 1.82) is 0 Å². The maximum atomic E-state index is 14.2. The SMILES string of the molecule is Cc1c(F)c(F)c(F)c(-c2ccc(-c3ccccn3)cc2)c1F.Cc1cc(-c2ccccn2)cc(C(F)(F)F)c1.Cc1cc(C(F)(F)F)ccc1-c1ccccn1.Cc1ccccc1-c1sc2ccccc2[n+]1C.Fc1c(F)c(F)c(-c2cccc(-c3ccccc3)c2)c(F)c1F. The van der Waals surface area contributed by atoms with E-state index in [-0.39, 0.29) is 11.1 Å². The monoisotopic (exact) mass is 1350 g/mol. The van der Waals surface area contributed by atoms with E-state index in [4.69, 9.17) is 0 Å². The fourth-order valence-electron chi connectivity index (χ4n) is 10.1. The van der Waals surface area contributed by atoms with E-state index in [1.165, 1.54) is 62.7 Å². The van der Waals surface area contributed by atoms with E-state index < -0.39 is 92.5 Å². The van der Waals surface area contributed by atoms with Crippen molar-refractivity contribution in [1.82, 2.24) is 15.0 Å². The van der Waals surface area contributed by atoms with Crippen molar-refractivity contribution in [3.05, 3.63) is 323 Å². The summed E-state index contributed by atoms with van der Waals surface area (Å²) in [5.74, 6) is -15.6. The van der Waals surface area contributed by atoms with Crippen LogP contribution in [0.25, 0.3) is 87.9 Å². The Labute approximate surface area is 552 Å². The predicted octanol–water partition coefficient (Wildman–Crippen LogP) is 22.8. The summed E-state index contributed by atoms with van der Waals surface area (Å²) in [6.45, 7) is 6.53. The van der Waals surface area contributed by atoms with Crippen LogP contribution in [0.4, 0.5) is 65.9 Å². The van der Waals surface area contributed by atoms with E-state index in [1.54, 1.807) is 136 Å². The van der Waals surface area contributed by atoms with Gasteiger partial charge in [0.05, 0.1) is 44.9 Å². The molecule has 13 rings (SSSR count). The quantitative estimate of drug-likeness (QED) is 0.0691. The highest BCUT2D eigenvalue weighted by molar-refractivity contribution is 7.21. The fraction of sp³-hybridized carbons (Fsp3) is 0.0909. The minimum absolute atomic E-state index is 0.0841. The topological polar surface area (TPSA) is 42.6 Å². The highest BCUT2D eigenvalue weighted by atomic mass is 32.1. The third-order valence-electron chi connectivity index (χ3n) is 15.1. The molecule has 0 amide bonds. The fourth-order valence-corrected chi connectivity index (χ4v) is 11.4. The lowest BCUT2D eigenvalue weighted by atomic mass is 9.98. The first-order chi connectivity index (χ1) is 46.2. The van der Waals surface area contributed by atoms with Crippen molar-refractivity contribution >= 4 is 21.6 Å². The summed E-state index contributed by atoms with van der Waals surface area (Å²) in [4.78, 5) is 12.3. The molecule has 97 heavy (non-hydrogen) atoms. The lowest BCUT2D eigenvalue weighted by Gasteiger charge is -2.10. The number of nitrogens with zero attached hydrogens (tertiary/aromatic N) is 4. The average Bonchev–Trinajstić information content (AvgIpc) is 1.47. The van der Waals surface area contributed by atoms with Gasteiger partial charge in [0.15, 0.2) is 40.7 Å². The summed E-state index contributed by atoms with van der Waals surface area (Å²) in [6, 6.07) is 61.5. The molecule has 0 fully saturated rings. The van der Waals surface area contributed by atoms with Gasteiger partial charge < -0.3 is 0 Å². The van der Waals surface area contributed by atoms with Gasteiger partial charge in [0, 0.05) is 46.9 Å². The van der Waals surface area contributed by atoms with Gasteiger partial charge in [-0.25, -0.2) is 39.5 Å². The second-order valence-corrected chi connectivity index (χ2v) is 22.8. The number of aromatic nitrogens is 4. The van der Waals surface area contributed by atoms with Crippen molar-refractivity contribution in [3.8, 4) is 77.7 Å². The molecule has 0 saturated carbocycles. The minimum atomic E-state index is -4.32. The summed E-state index contributed by atoms with van der Waals surface area (Å²) >= 11 is 1.85. The number of thiazole rings is 1. The number of hydrogen-bond acceptors (Lipinski definition) is 4. The molecular formula is C77H54F15N4S+. The van der Waals surface area contributed by atoms with Crippen molar-refractivity contribution in [3.63, 3.8) is 0 Å². The lowest BCUT2D eigenvalue weighted by Crippen LogP contribution is -2.28. The van der Waals surface area contributed by atoms with Gasteiger partial charge in [-0.3, -0.25) is 15.0 Å². The standard InChI is InChI=1S/C18H9F5.C18H11F4N.C15H14NS.2C13H10F3N/c19-14-13(15(20)17(22)18(23)16(14)21)12-8-4-7-11(9-12)10-5-2-1-3-6-10;1-10-15(19)14(17(21)18(22)16(10)20)12-7-5-11(6-8-12)13-4-2-3-9-23-13;1-11-7-3-4-8-12(11)15-16(2)13-9-5-6-10-14(13)17-15;1-9-8-10(13(14,15)16)5-6-11(9)12-4-2-3-7-17-12;1-9-6-10(12-4-2-3-5-17-12)8-11(7-9)13(14,15)16/h1-9H;2-9H,1H3;3-10H,1-2H3;2*2-8H,1H3/q;;+1;;. The number of para-hydroxylation sites is 1. The highest BCUT2D eigenvalue weighted by Gasteiger charge is 2.33. The predicted molar refractivity (Wildman–Crippen MR) is 349 cm³/mol. The molecule has 0 aliphatic heterocycles. The molecule has 0 atom stereocenters. The maximum absolute atomic E-state index is 14.2. The zero-order valence-corrected chi connectivity index (χ0v) is 52.7. The molecule has 492 valence electrons. The van der Waals surface area contributed by atoms with Crippen molar-refractivity contribution in [2.24, 2.45) is 7.05 Å². The van der Waals surface area contributed by atoms with Gasteiger partial charge in [-0.15, -0.1) is 0 Å². The number of benzene rings is 9. The second kappa shape index (κ2) is 30.8. The van der Waals surface area contributed by atoms with Crippen LogP contribution in [-0.2, 0) is 19.4 Å². The second-order valence-electron chi connectivity index (χ2n) is 21.7. The first-order valence-electron chi connectivity index (χ1n) is 29.4.